The Morgan fingerprint density at radius 2 is 1.85 bits per heavy atom. The SMILES string of the molecule is CC(C)(C)COc1ccc2c(c1)[C@]1(COC(N)=N1)c1cc(-c3cnc4ccccn34)ccc1O2. The third-order valence-electron chi connectivity index (χ3n) is 6.16. The van der Waals surface area contributed by atoms with E-state index in [0.717, 1.165) is 45.3 Å². The molecule has 4 aromatic rings. The number of fused-ring (bicyclic) bond motifs is 5. The standard InChI is InChI=1S/C27H26N4O3/c1-26(2,3)15-32-18-8-10-23-20(13-18)27(16-33-25(28)30-27)19-12-17(7-9-22(19)34-23)21-14-29-24-6-4-5-11-31(21)24/h4-14H,15-16H2,1-3H3,(H2,28,30)/t27-/m0/s1. The summed E-state index contributed by atoms with van der Waals surface area (Å²) >= 11 is 0. The van der Waals surface area contributed by atoms with E-state index in [0.29, 0.717) is 13.2 Å². The van der Waals surface area contributed by atoms with Crippen molar-refractivity contribution in [3.05, 3.63) is 78.1 Å². The van der Waals surface area contributed by atoms with Crippen molar-refractivity contribution in [2.75, 3.05) is 13.2 Å². The van der Waals surface area contributed by atoms with Crippen LogP contribution in [0.2, 0.25) is 0 Å². The Kier molecular flexibility index (Phi) is 4.39. The van der Waals surface area contributed by atoms with Crippen LogP contribution >= 0.6 is 0 Å². The maximum atomic E-state index is 6.32. The lowest BCUT2D eigenvalue weighted by atomic mass is 9.80. The third kappa shape index (κ3) is 3.27. The van der Waals surface area contributed by atoms with Gasteiger partial charge in [-0.1, -0.05) is 26.8 Å². The highest BCUT2D eigenvalue weighted by Gasteiger charge is 2.47. The van der Waals surface area contributed by atoms with Crippen LogP contribution in [0.25, 0.3) is 16.9 Å². The van der Waals surface area contributed by atoms with E-state index in [-0.39, 0.29) is 11.4 Å². The number of aliphatic imine (C=N–C) groups is 1. The van der Waals surface area contributed by atoms with Crippen molar-refractivity contribution in [1.29, 1.82) is 0 Å². The molecule has 172 valence electrons. The molecule has 1 atom stereocenters. The molecule has 0 fully saturated rings. The highest BCUT2D eigenvalue weighted by atomic mass is 16.5. The van der Waals surface area contributed by atoms with E-state index in [4.69, 9.17) is 24.9 Å². The second-order valence-corrected chi connectivity index (χ2v) is 9.99. The smallest absolute Gasteiger partial charge is 0.283 e. The Bertz CT molecular complexity index is 1450. The van der Waals surface area contributed by atoms with Crippen molar-refractivity contribution in [2.24, 2.45) is 16.1 Å². The average molecular weight is 455 g/mol. The summed E-state index contributed by atoms with van der Waals surface area (Å²) < 4.78 is 20.2. The van der Waals surface area contributed by atoms with Gasteiger partial charge < -0.3 is 19.9 Å². The molecule has 4 heterocycles. The van der Waals surface area contributed by atoms with Crippen molar-refractivity contribution in [3.8, 4) is 28.5 Å². The van der Waals surface area contributed by atoms with E-state index in [9.17, 15) is 0 Å². The molecule has 0 radical (unpaired) electrons. The Labute approximate surface area is 197 Å². The summed E-state index contributed by atoms with van der Waals surface area (Å²) in [5.41, 5.74) is 9.93. The van der Waals surface area contributed by atoms with Crippen LogP contribution in [0.4, 0.5) is 0 Å². The van der Waals surface area contributed by atoms with Gasteiger partial charge in [-0.25, -0.2) is 9.98 Å². The number of imidazole rings is 1. The number of pyridine rings is 1. The van der Waals surface area contributed by atoms with Crippen LogP contribution in [0.5, 0.6) is 17.2 Å². The summed E-state index contributed by atoms with van der Waals surface area (Å²) in [6, 6.07) is 18.1. The minimum atomic E-state index is -0.815. The summed E-state index contributed by atoms with van der Waals surface area (Å²) in [7, 11) is 0. The molecule has 0 saturated carbocycles. The highest BCUT2D eigenvalue weighted by molar-refractivity contribution is 5.78. The molecule has 0 bridgehead atoms. The van der Waals surface area contributed by atoms with E-state index in [1.54, 1.807) is 0 Å². The van der Waals surface area contributed by atoms with Gasteiger partial charge >= 0.3 is 0 Å². The lowest BCUT2D eigenvalue weighted by Gasteiger charge is -2.34. The van der Waals surface area contributed by atoms with Gasteiger partial charge in [-0.05, 0) is 53.9 Å². The molecule has 7 heteroatoms. The number of rotatable bonds is 3. The minimum absolute atomic E-state index is 0.0403. The van der Waals surface area contributed by atoms with Gasteiger partial charge in [0.15, 0.2) is 5.54 Å². The van der Waals surface area contributed by atoms with Gasteiger partial charge in [0.1, 0.15) is 29.5 Å². The van der Waals surface area contributed by atoms with Gasteiger partial charge in [0.05, 0.1) is 18.5 Å². The number of hydrogen-bond donors (Lipinski definition) is 1. The zero-order chi connectivity index (χ0) is 23.5. The van der Waals surface area contributed by atoms with Gasteiger partial charge in [0, 0.05) is 22.9 Å². The number of nitrogens with zero attached hydrogens (tertiary/aromatic N) is 3. The molecule has 2 aliphatic rings. The van der Waals surface area contributed by atoms with Gasteiger partial charge in [-0.15, -0.1) is 0 Å². The summed E-state index contributed by atoms with van der Waals surface area (Å²) in [4.78, 5) is 9.35. The number of aromatic nitrogens is 2. The quantitative estimate of drug-likeness (QED) is 0.465. The predicted octanol–water partition coefficient (Wildman–Crippen LogP) is 5.12. The maximum absolute atomic E-state index is 6.32. The number of nitrogens with two attached hydrogens (primary N) is 1. The summed E-state index contributed by atoms with van der Waals surface area (Å²) in [5.74, 6) is 2.22. The van der Waals surface area contributed by atoms with Crippen molar-refractivity contribution in [2.45, 2.75) is 26.3 Å². The van der Waals surface area contributed by atoms with Gasteiger partial charge in [-0.2, -0.15) is 0 Å². The molecule has 2 N–H and O–H groups in total. The largest absolute Gasteiger partial charge is 0.493 e. The fourth-order valence-electron chi connectivity index (χ4n) is 4.53. The molecular formula is C27H26N4O3. The van der Waals surface area contributed by atoms with Crippen LogP contribution in [0.15, 0.2) is 72.0 Å². The second-order valence-electron chi connectivity index (χ2n) is 9.99. The lowest BCUT2D eigenvalue weighted by Crippen LogP contribution is -2.31. The molecule has 7 nitrogen and oxygen atoms in total. The topological polar surface area (TPSA) is 83.4 Å². The first kappa shape index (κ1) is 20.6. The molecule has 0 saturated heterocycles. The molecule has 0 amide bonds. The van der Waals surface area contributed by atoms with Crippen LogP contribution in [0.3, 0.4) is 0 Å². The first-order valence-corrected chi connectivity index (χ1v) is 11.3. The third-order valence-corrected chi connectivity index (χ3v) is 6.16. The fraction of sp³-hybridized carbons (Fsp3) is 0.259. The molecule has 2 aliphatic heterocycles. The number of hydrogen-bond acceptors (Lipinski definition) is 6. The molecule has 2 aromatic carbocycles. The van der Waals surface area contributed by atoms with Gasteiger partial charge in [-0.3, -0.25) is 4.40 Å². The molecule has 1 spiro atoms. The Balaban J connectivity index is 1.49. The van der Waals surface area contributed by atoms with Crippen LogP contribution < -0.4 is 15.2 Å². The van der Waals surface area contributed by atoms with Crippen LogP contribution in [0, 0.1) is 5.41 Å². The Morgan fingerprint density at radius 1 is 1.06 bits per heavy atom. The molecular weight excluding hydrogens is 428 g/mol. The van der Waals surface area contributed by atoms with Crippen LogP contribution in [-0.2, 0) is 10.3 Å². The molecule has 34 heavy (non-hydrogen) atoms. The number of amidine groups is 1. The van der Waals surface area contributed by atoms with E-state index < -0.39 is 5.54 Å². The zero-order valence-corrected chi connectivity index (χ0v) is 19.4. The summed E-state index contributed by atoms with van der Waals surface area (Å²) in [5, 5.41) is 0. The van der Waals surface area contributed by atoms with E-state index in [1.807, 2.05) is 60.9 Å². The van der Waals surface area contributed by atoms with Gasteiger partial charge in [0.25, 0.3) is 6.02 Å². The van der Waals surface area contributed by atoms with Gasteiger partial charge in [0.2, 0.25) is 0 Å². The molecule has 6 rings (SSSR count). The second kappa shape index (κ2) is 7.25. The maximum Gasteiger partial charge on any atom is 0.283 e. The monoisotopic (exact) mass is 454 g/mol. The minimum Gasteiger partial charge on any atom is -0.493 e. The Morgan fingerprint density at radius 3 is 2.62 bits per heavy atom. The predicted molar refractivity (Wildman–Crippen MR) is 130 cm³/mol. The summed E-state index contributed by atoms with van der Waals surface area (Å²) in [6.07, 6.45) is 3.88. The lowest BCUT2D eigenvalue weighted by molar-refractivity contribution is 0.197. The average Bonchev–Trinajstić information content (AvgIpc) is 3.42. The van der Waals surface area contributed by atoms with Crippen LogP contribution in [0.1, 0.15) is 31.9 Å². The summed E-state index contributed by atoms with van der Waals surface area (Å²) in [6.45, 7) is 7.31. The van der Waals surface area contributed by atoms with E-state index in [2.05, 4.69) is 36.2 Å². The number of ether oxygens (including phenoxy) is 3. The van der Waals surface area contributed by atoms with E-state index in [1.165, 1.54) is 0 Å². The van der Waals surface area contributed by atoms with Crippen LogP contribution in [-0.4, -0.2) is 28.6 Å². The fourth-order valence-corrected chi connectivity index (χ4v) is 4.53. The van der Waals surface area contributed by atoms with Crippen molar-refractivity contribution in [3.63, 3.8) is 0 Å². The zero-order valence-electron chi connectivity index (χ0n) is 19.4. The first-order valence-electron chi connectivity index (χ1n) is 11.3. The van der Waals surface area contributed by atoms with Crippen molar-refractivity contribution < 1.29 is 14.2 Å². The highest BCUT2D eigenvalue weighted by Crippen LogP contribution is 2.52. The Hall–Kier alpha value is -4.00. The molecule has 0 aliphatic carbocycles. The first-order chi connectivity index (χ1) is 16.3. The van der Waals surface area contributed by atoms with Crippen molar-refractivity contribution in [1.82, 2.24) is 9.38 Å². The van der Waals surface area contributed by atoms with E-state index >= 15 is 0 Å². The normalized spacial score (nSPS) is 18.7. The molecule has 0 unspecified atom stereocenters. The number of benzene rings is 2. The molecule has 2 aromatic heterocycles. The van der Waals surface area contributed by atoms with Crippen molar-refractivity contribution >= 4 is 11.7 Å².